The van der Waals surface area contributed by atoms with Gasteiger partial charge in [0.05, 0.1) is 22.7 Å². The van der Waals surface area contributed by atoms with Crippen molar-refractivity contribution < 1.29 is 0 Å². The van der Waals surface area contributed by atoms with Gasteiger partial charge in [0.1, 0.15) is 5.69 Å². The molecule has 94 valence electrons. The number of hydrogen-bond acceptors (Lipinski definition) is 5. The van der Waals surface area contributed by atoms with Crippen LogP contribution >= 0.6 is 0 Å². The highest BCUT2D eigenvalue weighted by atomic mass is 14.9. The van der Waals surface area contributed by atoms with Gasteiger partial charge in [0.2, 0.25) is 0 Å². The van der Waals surface area contributed by atoms with E-state index >= 15 is 0 Å². The lowest BCUT2D eigenvalue weighted by molar-refractivity contribution is 0.412. The predicted molar refractivity (Wildman–Crippen MR) is 76.5 cm³/mol. The van der Waals surface area contributed by atoms with Crippen molar-refractivity contribution in [3.63, 3.8) is 0 Å². The number of nitrogens with two attached hydrogens (primary N) is 4. The van der Waals surface area contributed by atoms with Gasteiger partial charge in [0, 0.05) is 5.56 Å². The second kappa shape index (κ2) is 4.16. The first-order valence-corrected chi connectivity index (χ1v) is 5.40. The molecule has 5 heteroatoms. The molecule has 1 aromatic carbocycles. The molecule has 0 aliphatic carbocycles. The fourth-order valence-electron chi connectivity index (χ4n) is 1.76. The van der Waals surface area contributed by atoms with Gasteiger partial charge in [0.25, 0.3) is 0 Å². The maximum Gasteiger partial charge on any atom is 0.112 e. The van der Waals surface area contributed by atoms with Gasteiger partial charge < -0.3 is 22.9 Å². The van der Waals surface area contributed by atoms with Gasteiger partial charge in [-0.05, 0) is 18.6 Å². The van der Waals surface area contributed by atoms with Crippen molar-refractivity contribution in [2.75, 3.05) is 22.9 Å². The minimum atomic E-state index is 0.0459. The van der Waals surface area contributed by atoms with E-state index in [9.17, 15) is 0 Å². The van der Waals surface area contributed by atoms with Gasteiger partial charge in [-0.3, -0.25) is 4.99 Å². The van der Waals surface area contributed by atoms with Gasteiger partial charge in [-0.2, -0.15) is 0 Å². The summed E-state index contributed by atoms with van der Waals surface area (Å²) in [5.74, 6) is 0. The van der Waals surface area contributed by atoms with Crippen molar-refractivity contribution in [1.29, 1.82) is 0 Å². The molecule has 0 heterocycles. The lowest BCUT2D eigenvalue weighted by atomic mass is 9.86. The Hall–Kier alpha value is -1.91. The topological polar surface area (TPSA) is 116 Å². The van der Waals surface area contributed by atoms with Crippen LogP contribution in [-0.4, -0.2) is 6.72 Å². The second-order valence-electron chi connectivity index (χ2n) is 5.38. The molecule has 17 heavy (non-hydrogen) atoms. The van der Waals surface area contributed by atoms with Crippen LogP contribution < -0.4 is 22.9 Å². The molecule has 0 radical (unpaired) electrons. The van der Waals surface area contributed by atoms with Crippen LogP contribution in [0.2, 0.25) is 0 Å². The van der Waals surface area contributed by atoms with E-state index in [1.807, 2.05) is 0 Å². The summed E-state index contributed by atoms with van der Waals surface area (Å²) in [5.41, 5.74) is 26.6. The molecule has 5 nitrogen and oxygen atoms in total. The Kier molecular flexibility index (Phi) is 3.22. The molecule has 0 atom stereocenters. The maximum absolute atomic E-state index is 5.99. The van der Waals surface area contributed by atoms with Crippen molar-refractivity contribution in [1.82, 2.24) is 0 Å². The van der Waals surface area contributed by atoms with E-state index in [2.05, 4.69) is 32.5 Å². The minimum Gasteiger partial charge on any atom is -0.397 e. The van der Waals surface area contributed by atoms with E-state index < -0.39 is 0 Å². The lowest BCUT2D eigenvalue weighted by Crippen LogP contribution is -2.15. The van der Waals surface area contributed by atoms with Crippen molar-refractivity contribution in [3.8, 4) is 0 Å². The predicted octanol–water partition coefficient (Wildman–Crippen LogP) is 1.94. The third-order valence-corrected chi connectivity index (χ3v) is 2.61. The summed E-state index contributed by atoms with van der Waals surface area (Å²) in [6.45, 7) is 9.70. The first-order valence-electron chi connectivity index (χ1n) is 5.40. The van der Waals surface area contributed by atoms with Crippen LogP contribution in [0, 0.1) is 5.41 Å². The van der Waals surface area contributed by atoms with E-state index in [0.717, 1.165) is 5.56 Å². The van der Waals surface area contributed by atoms with Crippen LogP contribution in [0.25, 0.3) is 0 Å². The van der Waals surface area contributed by atoms with E-state index in [4.69, 9.17) is 22.9 Å². The summed E-state index contributed by atoms with van der Waals surface area (Å²) in [6.07, 6.45) is 0.705. The van der Waals surface area contributed by atoms with Crippen LogP contribution in [0.3, 0.4) is 0 Å². The fraction of sp³-hybridized carbons (Fsp3) is 0.417. The Morgan fingerprint density at radius 1 is 0.941 bits per heavy atom. The molecule has 0 amide bonds. The van der Waals surface area contributed by atoms with Crippen LogP contribution in [0.5, 0.6) is 0 Å². The number of anilines is 4. The lowest BCUT2D eigenvalue weighted by Gasteiger charge is -2.23. The molecule has 1 rings (SSSR count). The Morgan fingerprint density at radius 2 is 1.35 bits per heavy atom. The van der Waals surface area contributed by atoms with Crippen molar-refractivity contribution in [3.05, 3.63) is 5.56 Å². The van der Waals surface area contributed by atoms with Crippen molar-refractivity contribution in [2.24, 2.45) is 10.4 Å². The number of aliphatic imine (C=N–C) groups is 1. The van der Waals surface area contributed by atoms with E-state index in [1.165, 1.54) is 0 Å². The highest BCUT2D eigenvalue weighted by Gasteiger charge is 2.21. The number of nitrogen functional groups attached to an aromatic ring is 4. The zero-order valence-electron chi connectivity index (χ0n) is 10.7. The fourth-order valence-corrected chi connectivity index (χ4v) is 1.76. The highest BCUT2D eigenvalue weighted by Crippen LogP contribution is 2.43. The third kappa shape index (κ3) is 2.43. The summed E-state index contributed by atoms with van der Waals surface area (Å²) >= 11 is 0. The van der Waals surface area contributed by atoms with E-state index in [1.54, 1.807) is 0 Å². The Labute approximate surface area is 102 Å². The SMILES string of the molecule is C=Nc1c(N)c(N)c(CC(C)(C)C)c(N)c1N. The number of hydrogen-bond donors (Lipinski definition) is 4. The largest absolute Gasteiger partial charge is 0.397 e. The van der Waals surface area contributed by atoms with Crippen LogP contribution in [0.1, 0.15) is 26.3 Å². The molecule has 0 saturated carbocycles. The van der Waals surface area contributed by atoms with E-state index in [-0.39, 0.29) is 5.41 Å². The number of nitrogens with zero attached hydrogens (tertiary/aromatic N) is 1. The molecule has 0 spiro atoms. The average Bonchev–Trinajstić information content (AvgIpc) is 2.21. The Morgan fingerprint density at radius 3 is 1.65 bits per heavy atom. The second-order valence-corrected chi connectivity index (χ2v) is 5.38. The highest BCUT2D eigenvalue weighted by molar-refractivity contribution is 5.96. The van der Waals surface area contributed by atoms with Crippen LogP contribution in [0.4, 0.5) is 28.4 Å². The summed E-state index contributed by atoms with van der Waals surface area (Å²) in [7, 11) is 0. The van der Waals surface area contributed by atoms with Crippen molar-refractivity contribution in [2.45, 2.75) is 27.2 Å². The summed E-state index contributed by atoms with van der Waals surface area (Å²) in [6, 6.07) is 0. The molecule has 0 aliphatic heterocycles. The minimum absolute atomic E-state index is 0.0459. The third-order valence-electron chi connectivity index (χ3n) is 2.61. The monoisotopic (exact) mass is 235 g/mol. The molecular weight excluding hydrogens is 214 g/mol. The summed E-state index contributed by atoms with van der Waals surface area (Å²) in [4.78, 5) is 3.77. The Bertz CT molecular complexity index is 428. The molecule has 0 aliphatic rings. The van der Waals surface area contributed by atoms with Gasteiger partial charge in [0.15, 0.2) is 0 Å². The first-order chi connectivity index (χ1) is 7.69. The Balaban J connectivity index is 3.48. The summed E-state index contributed by atoms with van der Waals surface area (Å²) in [5, 5.41) is 0. The quantitative estimate of drug-likeness (QED) is 0.463. The zero-order valence-corrected chi connectivity index (χ0v) is 10.7. The molecule has 0 aromatic heterocycles. The molecule has 0 saturated heterocycles. The van der Waals surface area contributed by atoms with Gasteiger partial charge in [-0.1, -0.05) is 20.8 Å². The van der Waals surface area contributed by atoms with Crippen molar-refractivity contribution >= 4 is 35.2 Å². The maximum atomic E-state index is 5.99. The zero-order chi connectivity index (χ0) is 13.4. The smallest absolute Gasteiger partial charge is 0.112 e. The van der Waals surface area contributed by atoms with Gasteiger partial charge >= 0.3 is 0 Å². The molecule has 0 bridgehead atoms. The van der Waals surface area contributed by atoms with Crippen LogP contribution in [0.15, 0.2) is 4.99 Å². The van der Waals surface area contributed by atoms with Crippen LogP contribution in [-0.2, 0) is 6.42 Å². The molecule has 1 aromatic rings. The molecule has 0 fully saturated rings. The molecule has 8 N–H and O–H groups in total. The van der Waals surface area contributed by atoms with E-state index in [0.29, 0.717) is 34.9 Å². The number of rotatable bonds is 2. The standard InChI is InChI=1S/C12H21N5/c1-12(2,3)5-6-7(13)9(15)11(17-4)10(16)8(6)14/h4-5,13-16H2,1-3H3. The average molecular weight is 235 g/mol. The summed E-state index contributed by atoms with van der Waals surface area (Å²) < 4.78 is 0. The normalized spacial score (nSPS) is 11.5. The molecular formula is C12H21N5. The van der Waals surface area contributed by atoms with Gasteiger partial charge in [-0.15, -0.1) is 0 Å². The van der Waals surface area contributed by atoms with Gasteiger partial charge in [-0.25, -0.2) is 0 Å². The number of benzene rings is 1. The molecule has 0 unspecified atom stereocenters. The first kappa shape index (κ1) is 13.2.